The van der Waals surface area contributed by atoms with E-state index in [4.69, 9.17) is 9.47 Å². The lowest BCUT2D eigenvalue weighted by Crippen LogP contribution is -2.07. The summed E-state index contributed by atoms with van der Waals surface area (Å²) < 4.78 is 11.5. The summed E-state index contributed by atoms with van der Waals surface area (Å²) in [5.41, 5.74) is 2.91. The topological polar surface area (TPSA) is 60.5 Å². The second-order valence-corrected chi connectivity index (χ2v) is 7.25. The molecule has 2 aromatic rings. The number of fused-ring (bicyclic) bond motifs is 1. The van der Waals surface area contributed by atoms with Crippen molar-refractivity contribution in [2.45, 2.75) is 40.2 Å². The van der Waals surface area contributed by atoms with Crippen molar-refractivity contribution in [3.05, 3.63) is 39.9 Å². The minimum atomic E-state index is -0.217. The molecule has 0 aliphatic carbocycles. The van der Waals surface area contributed by atoms with Crippen LogP contribution in [0.1, 0.15) is 35.5 Å². The number of carbonyl (C=O) groups excluding carboxylic acids is 1. The van der Waals surface area contributed by atoms with Gasteiger partial charge in [-0.05, 0) is 45.9 Å². The molecule has 0 radical (unpaired) electrons. The van der Waals surface area contributed by atoms with Crippen LogP contribution in [0, 0.1) is 13.8 Å². The van der Waals surface area contributed by atoms with Gasteiger partial charge in [-0.25, -0.2) is 4.98 Å². The zero-order valence-electron chi connectivity index (χ0n) is 14.9. The van der Waals surface area contributed by atoms with E-state index in [2.05, 4.69) is 10.3 Å². The lowest BCUT2D eigenvalue weighted by atomic mass is 10.1. The van der Waals surface area contributed by atoms with Gasteiger partial charge in [-0.15, -0.1) is 11.3 Å². The number of hydrogen-bond acceptors (Lipinski definition) is 5. The fourth-order valence-corrected chi connectivity index (χ4v) is 3.52. The van der Waals surface area contributed by atoms with Crippen molar-refractivity contribution < 1.29 is 14.3 Å². The number of aryl methyl sites for hydroxylation is 2. The van der Waals surface area contributed by atoms with E-state index in [9.17, 15) is 4.79 Å². The van der Waals surface area contributed by atoms with E-state index < -0.39 is 0 Å². The van der Waals surface area contributed by atoms with Crippen molar-refractivity contribution in [1.82, 2.24) is 4.98 Å². The van der Waals surface area contributed by atoms with Gasteiger partial charge in [-0.1, -0.05) is 0 Å². The molecule has 0 fully saturated rings. The van der Waals surface area contributed by atoms with Gasteiger partial charge in [0.1, 0.15) is 17.6 Å². The Morgan fingerprint density at radius 1 is 1.48 bits per heavy atom. The van der Waals surface area contributed by atoms with Crippen LogP contribution in [0.2, 0.25) is 0 Å². The molecule has 1 atom stereocenters. The van der Waals surface area contributed by atoms with Gasteiger partial charge in [0.15, 0.2) is 5.13 Å². The predicted molar refractivity (Wildman–Crippen MR) is 101 cm³/mol. The van der Waals surface area contributed by atoms with Crippen LogP contribution >= 0.6 is 11.3 Å². The quantitative estimate of drug-likeness (QED) is 0.816. The Morgan fingerprint density at radius 3 is 2.96 bits per heavy atom. The van der Waals surface area contributed by atoms with E-state index >= 15 is 0 Å². The molecule has 1 aromatic heterocycles. The minimum absolute atomic E-state index is 0.170. The second-order valence-electron chi connectivity index (χ2n) is 6.05. The Hall–Kier alpha value is -2.34. The molecule has 1 amide bonds. The van der Waals surface area contributed by atoms with Crippen molar-refractivity contribution >= 4 is 28.5 Å². The summed E-state index contributed by atoms with van der Waals surface area (Å²) in [5.74, 6) is 1.41. The first-order valence-electron chi connectivity index (χ1n) is 8.35. The normalized spacial score (nSPS) is 15.9. The number of nitrogens with zero attached hydrogens (tertiary/aromatic N) is 1. The number of nitrogens with one attached hydrogen (secondary N) is 1. The highest BCUT2D eigenvalue weighted by Crippen LogP contribution is 2.35. The Balaban J connectivity index is 1.77. The number of aromatic nitrogens is 1. The third-order valence-electron chi connectivity index (χ3n) is 4.00. The largest absolute Gasteiger partial charge is 0.493 e. The highest BCUT2D eigenvalue weighted by molar-refractivity contribution is 7.15. The van der Waals surface area contributed by atoms with Crippen molar-refractivity contribution in [2.75, 3.05) is 11.9 Å². The van der Waals surface area contributed by atoms with Crippen LogP contribution in [0.25, 0.3) is 6.08 Å². The molecular weight excluding hydrogens is 336 g/mol. The average Bonchev–Trinajstić information content (AvgIpc) is 3.06. The molecular formula is C19H22N2O3S. The van der Waals surface area contributed by atoms with Crippen LogP contribution in [0.15, 0.2) is 18.2 Å². The number of carbonyl (C=O) groups is 1. The number of rotatable bonds is 5. The van der Waals surface area contributed by atoms with Crippen molar-refractivity contribution in [3.63, 3.8) is 0 Å². The maximum Gasteiger partial charge on any atom is 0.250 e. The zero-order valence-corrected chi connectivity index (χ0v) is 15.7. The van der Waals surface area contributed by atoms with Gasteiger partial charge in [0.05, 0.1) is 12.3 Å². The molecule has 6 heteroatoms. The summed E-state index contributed by atoms with van der Waals surface area (Å²) in [6.45, 7) is 8.47. The van der Waals surface area contributed by atoms with Gasteiger partial charge >= 0.3 is 0 Å². The summed E-state index contributed by atoms with van der Waals surface area (Å²) in [6, 6.07) is 3.94. The van der Waals surface area contributed by atoms with E-state index in [1.54, 1.807) is 6.08 Å². The molecule has 0 spiro atoms. The third kappa shape index (κ3) is 4.02. The van der Waals surface area contributed by atoms with E-state index in [-0.39, 0.29) is 12.0 Å². The molecule has 0 saturated heterocycles. The van der Waals surface area contributed by atoms with Crippen LogP contribution in [-0.2, 0) is 11.2 Å². The first-order valence-corrected chi connectivity index (χ1v) is 9.17. The molecule has 2 heterocycles. The molecule has 25 heavy (non-hydrogen) atoms. The number of benzene rings is 1. The molecule has 0 saturated carbocycles. The Kier molecular flexibility index (Phi) is 5.08. The smallest absolute Gasteiger partial charge is 0.250 e. The number of hydrogen-bond donors (Lipinski definition) is 1. The molecule has 5 nitrogen and oxygen atoms in total. The van der Waals surface area contributed by atoms with Crippen LogP contribution < -0.4 is 14.8 Å². The van der Waals surface area contributed by atoms with Crippen molar-refractivity contribution in [1.29, 1.82) is 0 Å². The average molecular weight is 358 g/mol. The maximum atomic E-state index is 12.2. The number of ether oxygens (including phenoxy) is 2. The molecule has 1 aliphatic heterocycles. The third-order valence-corrected chi connectivity index (χ3v) is 4.99. The Morgan fingerprint density at radius 2 is 2.28 bits per heavy atom. The number of amides is 1. The van der Waals surface area contributed by atoms with Crippen molar-refractivity contribution in [3.8, 4) is 11.5 Å². The second kappa shape index (κ2) is 7.27. The first kappa shape index (κ1) is 17.5. The Labute approximate surface area is 151 Å². The predicted octanol–water partition coefficient (Wildman–Crippen LogP) is 4.13. The summed E-state index contributed by atoms with van der Waals surface area (Å²) in [7, 11) is 0. The first-order chi connectivity index (χ1) is 12.0. The van der Waals surface area contributed by atoms with Gasteiger partial charge in [0, 0.05) is 28.5 Å². The summed E-state index contributed by atoms with van der Waals surface area (Å²) in [4.78, 5) is 17.6. The van der Waals surface area contributed by atoms with Gasteiger partial charge in [0.2, 0.25) is 5.91 Å². The van der Waals surface area contributed by atoms with E-state index in [0.717, 1.165) is 39.6 Å². The monoisotopic (exact) mass is 358 g/mol. The molecule has 1 aliphatic rings. The fraction of sp³-hybridized carbons (Fsp3) is 0.368. The van der Waals surface area contributed by atoms with Crippen LogP contribution in [0.3, 0.4) is 0 Å². The molecule has 0 unspecified atom stereocenters. The molecule has 132 valence electrons. The van der Waals surface area contributed by atoms with Crippen LogP contribution in [-0.4, -0.2) is 23.6 Å². The fourth-order valence-electron chi connectivity index (χ4n) is 2.70. The van der Waals surface area contributed by atoms with Gasteiger partial charge in [-0.3, -0.25) is 10.1 Å². The van der Waals surface area contributed by atoms with E-state index in [1.165, 1.54) is 17.4 Å². The molecule has 3 rings (SSSR count). The standard InChI is InChI=1S/C19H22N2O3S/c1-5-23-16-10-15-8-11(2)24-17(15)9-14(16)6-7-18(22)21-19-20-12(3)13(4)25-19/h6-7,9-11H,5,8H2,1-4H3,(H,20,21,22)/b7-6+/t11-/m0/s1. The lowest BCUT2D eigenvalue weighted by molar-refractivity contribution is -0.111. The number of thiazole rings is 1. The number of anilines is 1. The zero-order chi connectivity index (χ0) is 18.0. The lowest BCUT2D eigenvalue weighted by Gasteiger charge is -2.10. The minimum Gasteiger partial charge on any atom is -0.493 e. The van der Waals surface area contributed by atoms with Crippen molar-refractivity contribution in [2.24, 2.45) is 0 Å². The summed E-state index contributed by atoms with van der Waals surface area (Å²) in [5, 5.41) is 3.41. The van der Waals surface area contributed by atoms with Gasteiger partial charge in [-0.2, -0.15) is 0 Å². The summed E-state index contributed by atoms with van der Waals surface area (Å²) >= 11 is 1.47. The van der Waals surface area contributed by atoms with E-state index in [1.807, 2.05) is 39.8 Å². The maximum absolute atomic E-state index is 12.2. The molecule has 0 bridgehead atoms. The summed E-state index contributed by atoms with van der Waals surface area (Å²) in [6.07, 6.45) is 4.29. The van der Waals surface area contributed by atoms with Gasteiger partial charge < -0.3 is 9.47 Å². The highest BCUT2D eigenvalue weighted by atomic mass is 32.1. The van der Waals surface area contributed by atoms with E-state index in [0.29, 0.717) is 11.7 Å². The molecule has 1 aromatic carbocycles. The molecule has 1 N–H and O–H groups in total. The SMILES string of the molecule is CCOc1cc2c(cc1/C=C/C(=O)Nc1nc(C)c(C)s1)O[C@@H](C)C2. The van der Waals surface area contributed by atoms with Crippen LogP contribution in [0.4, 0.5) is 5.13 Å². The Bertz CT molecular complexity index is 807. The van der Waals surface area contributed by atoms with Crippen LogP contribution in [0.5, 0.6) is 11.5 Å². The van der Waals surface area contributed by atoms with Gasteiger partial charge in [0.25, 0.3) is 0 Å². The highest BCUT2D eigenvalue weighted by Gasteiger charge is 2.21.